The van der Waals surface area contributed by atoms with Crippen LogP contribution in [0.25, 0.3) is 58.8 Å². The Morgan fingerprint density at radius 1 is 0.690 bits per heavy atom. The summed E-state index contributed by atoms with van der Waals surface area (Å²) in [6.07, 6.45) is 0.759. The molecule has 42 heavy (non-hydrogen) atoms. The van der Waals surface area contributed by atoms with Crippen molar-refractivity contribution in [2.75, 3.05) is 0 Å². The van der Waals surface area contributed by atoms with Gasteiger partial charge in [-0.25, -0.2) is 0 Å². The second-order valence-electron chi connectivity index (χ2n) is 13.4. The fraction of sp³-hybridized carbons (Fsp3) is 0.250. The van der Waals surface area contributed by atoms with Gasteiger partial charge in [-0.05, 0) is 87.5 Å². The fourth-order valence-corrected chi connectivity index (χ4v) is 7.50. The van der Waals surface area contributed by atoms with Crippen LogP contribution in [0.15, 0.2) is 96.9 Å². The molecule has 2 heterocycles. The van der Waals surface area contributed by atoms with Crippen molar-refractivity contribution in [3.63, 3.8) is 0 Å². The minimum Gasteiger partial charge on any atom is -0.309 e. The van der Waals surface area contributed by atoms with E-state index in [0.717, 1.165) is 43.3 Å². The predicted molar refractivity (Wildman–Crippen MR) is 186 cm³/mol. The van der Waals surface area contributed by atoms with Crippen molar-refractivity contribution in [1.29, 1.82) is 0 Å². The molecule has 0 saturated heterocycles. The van der Waals surface area contributed by atoms with Crippen LogP contribution < -0.4 is 0 Å². The van der Waals surface area contributed by atoms with Gasteiger partial charge in [-0.2, -0.15) is 0 Å². The molecule has 0 aliphatic carbocycles. The molecule has 1 nitrogen and oxygen atoms in total. The lowest BCUT2D eigenvalue weighted by Gasteiger charge is -2.19. The molecule has 0 bridgehead atoms. The lowest BCUT2D eigenvalue weighted by atomic mass is 9.85. The molecular formula is C40H39NS. The monoisotopic (exact) mass is 570 g/mol. The van der Waals surface area contributed by atoms with Gasteiger partial charge < -0.3 is 4.57 Å². The van der Waals surface area contributed by atoms with Crippen LogP contribution >= 0.6 is 11.3 Å². The maximum Gasteiger partial charge on any atom is 0.0629 e. The van der Waals surface area contributed by atoms with Crippen molar-refractivity contribution in [3.8, 4) is 16.8 Å². The molecule has 7 rings (SSSR count). The number of fused-ring (bicyclic) bond motifs is 6. The SMILES string of the molecule is [2H]c1c([2H])c([2H])c(-c2cccc3sc4ccc(-n5c6ccc(C(C)(C)C)cc6c6cc(C(C)(C)C)ccc65)c(CC)c4c23)c([2H])c1[2H]. The van der Waals surface area contributed by atoms with Gasteiger partial charge in [0.2, 0.25) is 0 Å². The molecule has 0 saturated carbocycles. The molecule has 2 aromatic heterocycles. The Balaban J connectivity index is 1.61. The number of hydrogen-bond acceptors (Lipinski definition) is 1. The first kappa shape index (κ1) is 21.8. The second-order valence-corrected chi connectivity index (χ2v) is 14.5. The first-order valence-electron chi connectivity index (χ1n) is 17.3. The van der Waals surface area contributed by atoms with Crippen molar-refractivity contribution >= 4 is 53.3 Å². The summed E-state index contributed by atoms with van der Waals surface area (Å²) < 4.78 is 47.1. The Labute approximate surface area is 260 Å². The highest BCUT2D eigenvalue weighted by Gasteiger charge is 2.23. The van der Waals surface area contributed by atoms with Crippen LogP contribution in [-0.4, -0.2) is 4.57 Å². The number of nitrogens with zero attached hydrogens (tertiary/aromatic N) is 1. The van der Waals surface area contributed by atoms with Crippen molar-refractivity contribution in [2.24, 2.45) is 0 Å². The zero-order chi connectivity index (χ0) is 33.7. The van der Waals surface area contributed by atoms with E-state index in [1.807, 2.05) is 12.1 Å². The van der Waals surface area contributed by atoms with Crippen molar-refractivity contribution in [2.45, 2.75) is 65.7 Å². The zero-order valence-corrected chi connectivity index (χ0v) is 26.2. The largest absolute Gasteiger partial charge is 0.309 e. The van der Waals surface area contributed by atoms with Crippen LogP contribution in [0.5, 0.6) is 0 Å². The summed E-state index contributed by atoms with van der Waals surface area (Å²) in [7, 11) is 0. The highest BCUT2D eigenvalue weighted by atomic mass is 32.1. The summed E-state index contributed by atoms with van der Waals surface area (Å²) in [5.41, 5.74) is 8.10. The number of aromatic nitrogens is 1. The molecule has 0 N–H and O–H groups in total. The van der Waals surface area contributed by atoms with E-state index in [1.54, 1.807) is 11.3 Å². The molecule has 0 atom stereocenters. The number of rotatable bonds is 3. The van der Waals surface area contributed by atoms with Crippen LogP contribution in [-0.2, 0) is 17.3 Å². The van der Waals surface area contributed by atoms with Crippen LogP contribution in [0, 0.1) is 0 Å². The maximum atomic E-state index is 8.79. The second kappa shape index (κ2) is 9.57. The molecule has 7 aromatic rings. The summed E-state index contributed by atoms with van der Waals surface area (Å²) in [4.78, 5) is 0. The molecule has 0 unspecified atom stereocenters. The van der Waals surface area contributed by atoms with E-state index in [4.69, 9.17) is 6.85 Å². The van der Waals surface area contributed by atoms with Gasteiger partial charge in [0.25, 0.3) is 0 Å². The first-order chi connectivity index (χ1) is 22.1. The zero-order valence-electron chi connectivity index (χ0n) is 30.4. The molecule has 0 spiro atoms. The molecule has 2 heteroatoms. The van der Waals surface area contributed by atoms with E-state index in [0.29, 0.717) is 5.56 Å². The molecule has 0 radical (unpaired) electrons. The summed E-state index contributed by atoms with van der Waals surface area (Å²) in [5, 5.41) is 4.49. The van der Waals surface area contributed by atoms with E-state index >= 15 is 0 Å². The Morgan fingerprint density at radius 2 is 1.29 bits per heavy atom. The number of aryl methyl sites for hydroxylation is 1. The molecule has 0 amide bonds. The molecule has 210 valence electrons. The lowest BCUT2D eigenvalue weighted by molar-refractivity contribution is 0.590. The van der Waals surface area contributed by atoms with E-state index < -0.39 is 0 Å². The van der Waals surface area contributed by atoms with Crippen molar-refractivity contribution < 1.29 is 6.85 Å². The van der Waals surface area contributed by atoms with Gasteiger partial charge in [-0.3, -0.25) is 0 Å². The van der Waals surface area contributed by atoms with Crippen LogP contribution in [0.1, 0.15) is 72.0 Å². The first-order valence-corrected chi connectivity index (χ1v) is 15.6. The summed E-state index contributed by atoms with van der Waals surface area (Å²) in [5.74, 6) is 0. The lowest BCUT2D eigenvalue weighted by Crippen LogP contribution is -2.10. The molecule has 0 aliphatic heterocycles. The molecule has 5 aromatic carbocycles. The molecular weight excluding hydrogens is 527 g/mol. The topological polar surface area (TPSA) is 4.93 Å². The van der Waals surface area contributed by atoms with Crippen molar-refractivity contribution in [1.82, 2.24) is 4.57 Å². The third-order valence-electron chi connectivity index (χ3n) is 8.61. The van der Waals surface area contributed by atoms with Crippen molar-refractivity contribution in [3.05, 3.63) is 114 Å². The van der Waals surface area contributed by atoms with Gasteiger partial charge in [-0.1, -0.05) is 103 Å². The highest BCUT2D eigenvalue weighted by molar-refractivity contribution is 7.26. The van der Waals surface area contributed by atoms with Gasteiger partial charge in [-0.15, -0.1) is 11.3 Å². The number of hydrogen-bond donors (Lipinski definition) is 0. The standard InChI is InChI=1S/C40H39NS/c1-8-28-32(21-22-36-37(28)38-29(15-12-16-35(38)42-36)25-13-10-9-11-14-25)41-33-19-17-26(39(2,3)4)23-30(33)31-24-27(40(5,6)7)18-20-34(31)41/h9-24H,8H2,1-7H3/i9D,10D,11D,13D,14D. The minimum atomic E-state index is -0.377. The number of benzene rings is 5. The average molecular weight is 571 g/mol. The number of thiophene rings is 1. The Bertz CT molecular complexity index is 2320. The van der Waals surface area contributed by atoms with E-state index in [9.17, 15) is 0 Å². The normalized spacial score (nSPS) is 14.4. The Hall–Kier alpha value is -3.88. The maximum absolute atomic E-state index is 8.79. The summed E-state index contributed by atoms with van der Waals surface area (Å²) in [6, 6.07) is 22.7. The Morgan fingerprint density at radius 3 is 1.86 bits per heavy atom. The average Bonchev–Trinajstić information content (AvgIpc) is 3.57. The quantitative estimate of drug-likeness (QED) is 0.199. The van der Waals surface area contributed by atoms with Gasteiger partial charge in [0, 0.05) is 30.9 Å². The Kier molecular flexibility index (Phi) is 4.96. The smallest absolute Gasteiger partial charge is 0.0629 e. The predicted octanol–water partition coefficient (Wildman–Crippen LogP) is 12.0. The van der Waals surface area contributed by atoms with E-state index in [-0.39, 0.29) is 46.6 Å². The molecule has 0 fully saturated rings. The summed E-state index contributed by atoms with van der Waals surface area (Å²) in [6.45, 7) is 15.7. The van der Waals surface area contributed by atoms with Crippen LogP contribution in [0.4, 0.5) is 0 Å². The van der Waals surface area contributed by atoms with Crippen LogP contribution in [0.2, 0.25) is 0 Å². The van der Waals surface area contributed by atoms with E-state index in [2.05, 4.69) is 108 Å². The van der Waals surface area contributed by atoms with Gasteiger partial charge in [0.1, 0.15) is 0 Å². The van der Waals surface area contributed by atoms with Gasteiger partial charge >= 0.3 is 0 Å². The highest BCUT2D eigenvalue weighted by Crippen LogP contribution is 2.45. The van der Waals surface area contributed by atoms with E-state index in [1.165, 1.54) is 27.5 Å². The van der Waals surface area contributed by atoms with Gasteiger partial charge in [0.15, 0.2) is 0 Å². The third-order valence-corrected chi connectivity index (χ3v) is 9.73. The molecule has 0 aliphatic rings. The van der Waals surface area contributed by atoms with Gasteiger partial charge in [0.05, 0.1) is 23.6 Å². The third kappa shape index (κ3) is 4.19. The summed E-state index contributed by atoms with van der Waals surface area (Å²) >= 11 is 1.68. The van der Waals surface area contributed by atoms with Crippen LogP contribution in [0.3, 0.4) is 0 Å². The fourth-order valence-electron chi connectivity index (χ4n) is 6.34. The minimum absolute atomic E-state index is 0.00708.